The number of nitrogens with one attached hydrogen (secondary N) is 1. The van der Waals surface area contributed by atoms with Crippen molar-refractivity contribution < 1.29 is 33.4 Å². The second-order valence-electron chi connectivity index (χ2n) is 12.7. The zero-order valence-electron chi connectivity index (χ0n) is 31.4. The predicted molar refractivity (Wildman–Crippen MR) is 222 cm³/mol. The minimum Gasteiger partial charge on any atom is -0.490 e. The fourth-order valence-electron chi connectivity index (χ4n) is 5.60. The molecule has 3 N–H and O–H groups in total. The van der Waals surface area contributed by atoms with Crippen molar-refractivity contribution in [2.24, 2.45) is 5.73 Å². The second kappa shape index (κ2) is 21.6. The van der Waals surface area contributed by atoms with E-state index in [1.54, 1.807) is 56.0 Å². The largest absolute Gasteiger partial charge is 0.490 e. The zero-order chi connectivity index (χ0) is 40.0. The molecule has 16 heteroatoms. The third-order valence-electron chi connectivity index (χ3n) is 8.51. The Morgan fingerprint density at radius 2 is 1.24 bits per heavy atom. The van der Waals surface area contributed by atoms with Crippen LogP contribution in [-0.2, 0) is 40.0 Å². The Morgan fingerprint density at radius 3 is 1.81 bits per heavy atom. The fraction of sp³-hybridized carbons (Fsp3) is 0.238. The summed E-state index contributed by atoms with van der Waals surface area (Å²) in [6.07, 6.45) is 8.65. The summed E-state index contributed by atoms with van der Waals surface area (Å²) in [5, 5.41) is 3.51. The molecule has 2 aromatic carbocycles. The van der Waals surface area contributed by atoms with Gasteiger partial charge < -0.3 is 25.3 Å². The number of pyridine rings is 2. The van der Waals surface area contributed by atoms with Crippen LogP contribution >= 0.6 is 35.1 Å². The number of carbonyl (C=O) groups excluding carboxylic acids is 4. The fourth-order valence-corrected chi connectivity index (χ4v) is 7.29. The minimum absolute atomic E-state index is 0. The minimum atomic E-state index is -0.715. The van der Waals surface area contributed by atoms with Crippen LogP contribution in [0.4, 0.5) is 0 Å². The quantitative estimate of drug-likeness (QED) is 0.179. The van der Waals surface area contributed by atoms with Crippen molar-refractivity contribution in [1.82, 2.24) is 25.3 Å². The number of ether oxygens (including phenoxy) is 3. The lowest BCUT2D eigenvalue weighted by molar-refractivity contribution is -0.121. The number of Topliss-reactive ketones (excluding diaryl/α,β-unsaturated/α-hetero) is 2. The number of benzene rings is 2. The van der Waals surface area contributed by atoms with Gasteiger partial charge in [-0.1, -0.05) is 60.7 Å². The van der Waals surface area contributed by atoms with Crippen LogP contribution in [0.3, 0.4) is 0 Å². The molecule has 0 unspecified atom stereocenters. The van der Waals surface area contributed by atoms with Crippen LogP contribution in [0.2, 0.25) is 0 Å². The Hall–Kier alpha value is -5.87. The number of amides is 1. The van der Waals surface area contributed by atoms with Gasteiger partial charge >= 0.3 is 5.97 Å². The molecule has 0 aliphatic carbocycles. The molecule has 0 saturated carbocycles. The van der Waals surface area contributed by atoms with Crippen LogP contribution in [0.5, 0.6) is 11.5 Å². The van der Waals surface area contributed by atoms with Crippen LogP contribution in [0.15, 0.2) is 110 Å². The molecule has 0 spiro atoms. The van der Waals surface area contributed by atoms with E-state index >= 15 is 0 Å². The monoisotopic (exact) mass is 840 g/mol. The maximum absolute atomic E-state index is 12.5. The zero-order valence-corrected chi connectivity index (χ0v) is 33.9. The highest BCUT2D eigenvalue weighted by Gasteiger charge is 2.28. The molecule has 4 aromatic heterocycles. The van der Waals surface area contributed by atoms with Crippen LogP contribution in [-0.4, -0.2) is 75.3 Å². The Bertz CT molecular complexity index is 2290. The lowest BCUT2D eigenvalue weighted by Gasteiger charge is -2.13. The molecule has 0 saturated heterocycles. The van der Waals surface area contributed by atoms with Gasteiger partial charge in [-0.3, -0.25) is 24.4 Å². The molecule has 13 nitrogen and oxygen atoms in total. The van der Waals surface area contributed by atoms with Gasteiger partial charge in [0.05, 0.1) is 36.9 Å². The maximum Gasteiger partial charge on any atom is 0.367 e. The first-order valence-corrected chi connectivity index (χ1v) is 19.8. The average Bonchev–Trinajstić information content (AvgIpc) is 3.84. The van der Waals surface area contributed by atoms with E-state index in [-0.39, 0.29) is 61.9 Å². The number of thiazole rings is 2. The highest BCUT2D eigenvalue weighted by Crippen LogP contribution is 2.22. The number of halogens is 1. The molecule has 2 aliphatic heterocycles. The Balaban J connectivity index is 0.000000178. The van der Waals surface area contributed by atoms with Gasteiger partial charge in [0.15, 0.2) is 16.6 Å². The number of esters is 1. The van der Waals surface area contributed by atoms with Crippen molar-refractivity contribution >= 4 is 58.5 Å². The van der Waals surface area contributed by atoms with Crippen LogP contribution in [0, 0.1) is 0 Å². The molecular formula is C42H41ClN6O7S2. The molecule has 6 heterocycles. The van der Waals surface area contributed by atoms with Crippen molar-refractivity contribution in [3.8, 4) is 11.5 Å². The number of ketones is 2. The summed E-state index contributed by atoms with van der Waals surface area (Å²) in [6, 6.07) is 26.0. The number of carbonyl (C=O) groups is 4. The summed E-state index contributed by atoms with van der Waals surface area (Å²) in [5.41, 5.74) is 9.20. The highest BCUT2D eigenvalue weighted by atomic mass is 35.5. The lowest BCUT2D eigenvalue weighted by atomic mass is 10.1. The van der Waals surface area contributed by atoms with Gasteiger partial charge in [-0.15, -0.1) is 35.1 Å². The molecule has 1 amide bonds. The molecule has 0 fully saturated rings. The number of nitrogens with two attached hydrogens (primary N) is 1. The third kappa shape index (κ3) is 12.3. The summed E-state index contributed by atoms with van der Waals surface area (Å²) >= 11 is 2.72. The van der Waals surface area contributed by atoms with Gasteiger partial charge in [-0.25, -0.2) is 14.8 Å². The van der Waals surface area contributed by atoms with E-state index in [1.807, 2.05) is 48.5 Å². The van der Waals surface area contributed by atoms with E-state index in [9.17, 15) is 19.2 Å². The molecule has 58 heavy (non-hydrogen) atoms. The van der Waals surface area contributed by atoms with Gasteiger partial charge in [0.2, 0.25) is 5.01 Å². The standard InChI is InChI=1S/C20H17N3O3S.C13H13NO2S.C9H10N2O2.ClH/c24-17-10-15-18(7-4-8-21-15)26-12-16(17)23-19(25)20-22-11-14(27-20)9-13-5-2-1-3-6-13;1-2-16-13(15)12-14-9-11(17-12)8-10-6-4-3-5-7-10;10-6-5-13-9-2-1-3-11-7(9)4-8(6)12;/h1-8,11,16H,9-10,12H2,(H,23,25);3-7,9H,2,8H2,1H3;1-3,6H,4-5,10H2;1H/t16-;;6-;/m0.0./s1. The molecule has 0 radical (unpaired) electrons. The normalized spacial score (nSPS) is 15.3. The number of hydrogen-bond acceptors (Lipinski definition) is 14. The van der Waals surface area contributed by atoms with Crippen LogP contribution in [0.25, 0.3) is 0 Å². The van der Waals surface area contributed by atoms with Gasteiger partial charge in [-0.05, 0) is 42.3 Å². The molecule has 2 aliphatic rings. The SMILES string of the molecule is CCOC(=O)c1ncc(Cc2ccccc2)s1.Cl.N[C@H]1COc2cccnc2CC1=O.O=C(N[C@H]1COc2cccnc2CC1=O)c1ncc(Cc2ccccc2)s1. The van der Waals surface area contributed by atoms with Crippen LogP contribution in [0.1, 0.15) is 58.8 Å². The van der Waals surface area contributed by atoms with Crippen molar-refractivity contribution in [3.63, 3.8) is 0 Å². The maximum atomic E-state index is 12.5. The topological polar surface area (TPSA) is 186 Å². The summed E-state index contributed by atoms with van der Waals surface area (Å²) in [6.45, 7) is 2.51. The van der Waals surface area contributed by atoms with E-state index in [0.717, 1.165) is 28.2 Å². The molecule has 6 aromatic rings. The third-order valence-corrected chi connectivity index (χ3v) is 10.5. The number of hydrogen-bond donors (Lipinski definition) is 2. The Morgan fingerprint density at radius 1 is 0.724 bits per heavy atom. The van der Waals surface area contributed by atoms with Crippen molar-refractivity contribution in [1.29, 1.82) is 0 Å². The smallest absolute Gasteiger partial charge is 0.367 e. The molecular weight excluding hydrogens is 800 g/mol. The second-order valence-corrected chi connectivity index (χ2v) is 15.0. The molecule has 8 rings (SSSR count). The number of rotatable bonds is 8. The van der Waals surface area contributed by atoms with E-state index in [0.29, 0.717) is 39.5 Å². The van der Waals surface area contributed by atoms with E-state index < -0.39 is 12.1 Å². The molecule has 0 bridgehead atoms. The first-order chi connectivity index (χ1) is 27.7. The summed E-state index contributed by atoms with van der Waals surface area (Å²) < 4.78 is 15.9. The van der Waals surface area contributed by atoms with E-state index in [4.69, 9.17) is 19.9 Å². The summed E-state index contributed by atoms with van der Waals surface area (Å²) in [5.74, 6) is 0.419. The van der Waals surface area contributed by atoms with Gasteiger partial charge in [-0.2, -0.15) is 0 Å². The van der Waals surface area contributed by atoms with Crippen molar-refractivity contribution in [2.75, 3.05) is 19.8 Å². The number of nitrogens with zero attached hydrogens (tertiary/aromatic N) is 4. The molecule has 300 valence electrons. The highest BCUT2D eigenvalue weighted by molar-refractivity contribution is 7.13. The van der Waals surface area contributed by atoms with E-state index in [2.05, 4.69) is 37.4 Å². The first kappa shape index (κ1) is 43.3. The predicted octanol–water partition coefficient (Wildman–Crippen LogP) is 5.68. The van der Waals surface area contributed by atoms with Gasteiger partial charge in [0, 0.05) is 47.4 Å². The summed E-state index contributed by atoms with van der Waals surface area (Å²) in [7, 11) is 0. The first-order valence-electron chi connectivity index (χ1n) is 18.1. The summed E-state index contributed by atoms with van der Waals surface area (Å²) in [4.78, 5) is 66.3. The number of aromatic nitrogens is 4. The van der Waals surface area contributed by atoms with Crippen molar-refractivity contribution in [3.05, 3.63) is 152 Å². The Kier molecular flexibility index (Phi) is 16.1. The molecule has 2 atom stereocenters. The Labute approximate surface area is 349 Å². The van der Waals surface area contributed by atoms with Gasteiger partial charge in [0.1, 0.15) is 30.8 Å². The van der Waals surface area contributed by atoms with Crippen molar-refractivity contribution in [2.45, 2.75) is 44.7 Å². The lowest BCUT2D eigenvalue weighted by Crippen LogP contribution is -2.44. The van der Waals surface area contributed by atoms with Crippen LogP contribution < -0.4 is 20.5 Å². The average molecular weight is 841 g/mol. The number of fused-ring (bicyclic) bond motifs is 2. The van der Waals surface area contributed by atoms with E-state index in [1.165, 1.54) is 28.2 Å². The van der Waals surface area contributed by atoms with Gasteiger partial charge in [0.25, 0.3) is 5.91 Å².